The minimum Gasteiger partial charge on any atom is -0.326 e. The van der Waals surface area contributed by atoms with Gasteiger partial charge in [-0.25, -0.2) is 17.2 Å². The summed E-state index contributed by atoms with van der Waals surface area (Å²) in [7, 11) is -3.36. The van der Waals surface area contributed by atoms with Gasteiger partial charge in [-0.1, -0.05) is 6.07 Å². The Bertz CT molecular complexity index is 541. The zero-order valence-electron chi connectivity index (χ0n) is 10.6. The van der Waals surface area contributed by atoms with E-state index in [1.54, 1.807) is 0 Å². The van der Waals surface area contributed by atoms with E-state index in [4.69, 9.17) is 5.73 Å². The molecule has 0 aliphatic heterocycles. The van der Waals surface area contributed by atoms with E-state index in [-0.39, 0.29) is 12.0 Å². The van der Waals surface area contributed by atoms with Gasteiger partial charge >= 0.3 is 0 Å². The lowest BCUT2D eigenvalue weighted by molar-refractivity contribution is 0.473. The molecule has 6 heteroatoms. The topological polar surface area (TPSA) is 60.2 Å². The average Bonchev–Trinajstić information content (AvgIpc) is 2.20. The predicted octanol–water partition coefficient (Wildman–Crippen LogP) is 1.66. The van der Waals surface area contributed by atoms with Gasteiger partial charge in [-0.2, -0.15) is 0 Å². The van der Waals surface area contributed by atoms with Gasteiger partial charge in [-0.3, -0.25) is 0 Å². The molecule has 1 unspecified atom stereocenters. The van der Waals surface area contributed by atoms with Crippen LogP contribution < -0.4 is 5.73 Å². The molecule has 0 saturated heterocycles. The van der Waals surface area contributed by atoms with Crippen LogP contribution in [0.25, 0.3) is 0 Å². The first-order chi connectivity index (χ1) is 8.05. The van der Waals surface area contributed by atoms with Gasteiger partial charge in [0.15, 0.2) is 9.84 Å². The molecule has 1 atom stereocenters. The number of nitrogens with two attached hydrogens (primary N) is 1. The van der Waals surface area contributed by atoms with Gasteiger partial charge in [0.1, 0.15) is 11.6 Å². The average molecular weight is 277 g/mol. The Hall–Kier alpha value is -1.01. The molecule has 0 saturated carbocycles. The second kappa shape index (κ2) is 4.93. The van der Waals surface area contributed by atoms with Gasteiger partial charge in [-0.15, -0.1) is 0 Å². The molecular weight excluding hydrogens is 260 g/mol. The van der Waals surface area contributed by atoms with E-state index in [1.165, 1.54) is 19.9 Å². The first-order valence-electron chi connectivity index (χ1n) is 5.45. The number of rotatable bonds is 4. The van der Waals surface area contributed by atoms with Crippen LogP contribution >= 0.6 is 0 Å². The van der Waals surface area contributed by atoms with Crippen molar-refractivity contribution in [3.05, 3.63) is 35.4 Å². The van der Waals surface area contributed by atoms with Crippen molar-refractivity contribution >= 4 is 9.84 Å². The van der Waals surface area contributed by atoms with Crippen LogP contribution in [0.4, 0.5) is 8.78 Å². The fourth-order valence-electron chi connectivity index (χ4n) is 1.44. The monoisotopic (exact) mass is 277 g/mol. The Labute approximate surface area is 106 Å². The molecule has 1 aromatic carbocycles. The third kappa shape index (κ3) is 3.05. The standard InChI is InChI=1S/C12H17F2NO2S/c1-12(2,18(3,16)17)11(15)6-8-4-5-9(13)7-10(8)14/h4-5,7,11H,6,15H2,1-3H3. The van der Waals surface area contributed by atoms with Crippen LogP contribution in [-0.2, 0) is 16.3 Å². The van der Waals surface area contributed by atoms with Crippen molar-refractivity contribution in [1.29, 1.82) is 0 Å². The van der Waals surface area contributed by atoms with Crippen LogP contribution in [0.2, 0.25) is 0 Å². The maximum atomic E-state index is 13.5. The Morgan fingerprint density at radius 2 is 1.89 bits per heavy atom. The summed E-state index contributed by atoms with van der Waals surface area (Å²) in [6.07, 6.45) is 1.13. The molecule has 0 aliphatic rings. The highest BCUT2D eigenvalue weighted by Crippen LogP contribution is 2.22. The lowest BCUT2D eigenvalue weighted by Crippen LogP contribution is -2.50. The molecule has 0 aromatic heterocycles. The fourth-order valence-corrected chi connectivity index (χ4v) is 2.08. The highest BCUT2D eigenvalue weighted by Gasteiger charge is 2.37. The molecule has 3 nitrogen and oxygen atoms in total. The third-order valence-electron chi connectivity index (χ3n) is 3.30. The summed E-state index contributed by atoms with van der Waals surface area (Å²) in [5, 5.41) is 0. The predicted molar refractivity (Wildman–Crippen MR) is 67.0 cm³/mol. The molecule has 0 aliphatic carbocycles. The van der Waals surface area contributed by atoms with Crippen LogP contribution in [0.5, 0.6) is 0 Å². The van der Waals surface area contributed by atoms with E-state index < -0.39 is 32.3 Å². The minimum atomic E-state index is -3.36. The Morgan fingerprint density at radius 1 is 1.33 bits per heavy atom. The Balaban J connectivity index is 2.98. The normalized spacial score (nSPS) is 14.6. The third-order valence-corrected chi connectivity index (χ3v) is 5.52. The van der Waals surface area contributed by atoms with Crippen molar-refractivity contribution in [3.8, 4) is 0 Å². The van der Waals surface area contributed by atoms with Crippen molar-refractivity contribution in [3.63, 3.8) is 0 Å². The van der Waals surface area contributed by atoms with Crippen molar-refractivity contribution in [2.24, 2.45) is 5.73 Å². The molecule has 0 fully saturated rings. The van der Waals surface area contributed by atoms with E-state index >= 15 is 0 Å². The van der Waals surface area contributed by atoms with Gasteiger partial charge in [0.25, 0.3) is 0 Å². The van der Waals surface area contributed by atoms with E-state index in [0.29, 0.717) is 0 Å². The van der Waals surface area contributed by atoms with Crippen LogP contribution in [-0.4, -0.2) is 25.5 Å². The largest absolute Gasteiger partial charge is 0.326 e. The number of hydrogen-bond acceptors (Lipinski definition) is 3. The summed E-state index contributed by atoms with van der Waals surface area (Å²) in [5.41, 5.74) is 6.05. The highest BCUT2D eigenvalue weighted by molar-refractivity contribution is 7.92. The molecule has 2 N–H and O–H groups in total. The molecular formula is C12H17F2NO2S. The summed E-state index contributed by atoms with van der Waals surface area (Å²) in [6.45, 7) is 2.99. The van der Waals surface area contributed by atoms with Crippen molar-refractivity contribution in [1.82, 2.24) is 0 Å². The van der Waals surface area contributed by atoms with Crippen LogP contribution in [0.15, 0.2) is 18.2 Å². The number of hydrogen-bond donors (Lipinski definition) is 1. The summed E-state index contributed by atoms with van der Waals surface area (Å²) < 4.78 is 48.2. The fraction of sp³-hybridized carbons (Fsp3) is 0.500. The molecule has 0 radical (unpaired) electrons. The van der Waals surface area contributed by atoms with E-state index in [9.17, 15) is 17.2 Å². The van der Waals surface area contributed by atoms with Crippen molar-refractivity contribution in [2.75, 3.05) is 6.26 Å². The molecule has 1 rings (SSSR count). The number of halogens is 2. The molecule has 102 valence electrons. The maximum Gasteiger partial charge on any atom is 0.154 e. The molecule has 1 aromatic rings. The molecule has 0 heterocycles. The first-order valence-corrected chi connectivity index (χ1v) is 7.34. The highest BCUT2D eigenvalue weighted by atomic mass is 32.2. The SMILES string of the molecule is CC(C)(C(N)Cc1ccc(F)cc1F)S(C)(=O)=O. The molecule has 0 amide bonds. The lowest BCUT2D eigenvalue weighted by Gasteiger charge is -2.29. The molecule has 0 spiro atoms. The van der Waals surface area contributed by atoms with Gasteiger partial charge in [0.2, 0.25) is 0 Å². The van der Waals surface area contributed by atoms with Gasteiger partial charge in [0.05, 0.1) is 4.75 Å². The van der Waals surface area contributed by atoms with Crippen LogP contribution in [0.1, 0.15) is 19.4 Å². The number of sulfone groups is 1. The Kier molecular flexibility index (Phi) is 4.12. The smallest absolute Gasteiger partial charge is 0.154 e. The summed E-state index contributed by atoms with van der Waals surface area (Å²) in [4.78, 5) is 0. The van der Waals surface area contributed by atoms with Gasteiger partial charge < -0.3 is 5.73 Å². The first kappa shape index (κ1) is 15.0. The molecule has 0 bridgehead atoms. The Morgan fingerprint density at radius 3 is 2.33 bits per heavy atom. The van der Waals surface area contributed by atoms with E-state index in [0.717, 1.165) is 18.4 Å². The summed E-state index contributed by atoms with van der Waals surface area (Å²) in [6, 6.07) is 2.39. The maximum absolute atomic E-state index is 13.5. The quantitative estimate of drug-likeness (QED) is 0.910. The van der Waals surface area contributed by atoms with E-state index in [2.05, 4.69) is 0 Å². The molecule has 18 heavy (non-hydrogen) atoms. The lowest BCUT2D eigenvalue weighted by atomic mass is 9.96. The second-order valence-corrected chi connectivity index (χ2v) is 7.52. The zero-order chi connectivity index (χ0) is 14.1. The number of benzene rings is 1. The second-order valence-electron chi connectivity index (χ2n) is 4.92. The van der Waals surface area contributed by atoms with E-state index in [1.807, 2.05) is 0 Å². The minimum absolute atomic E-state index is 0.0339. The zero-order valence-corrected chi connectivity index (χ0v) is 11.4. The van der Waals surface area contributed by atoms with Crippen molar-refractivity contribution < 1.29 is 17.2 Å². The van der Waals surface area contributed by atoms with Crippen LogP contribution in [0, 0.1) is 11.6 Å². The van der Waals surface area contributed by atoms with Crippen LogP contribution in [0.3, 0.4) is 0 Å². The van der Waals surface area contributed by atoms with Gasteiger partial charge in [-0.05, 0) is 31.9 Å². The van der Waals surface area contributed by atoms with Crippen molar-refractivity contribution in [2.45, 2.75) is 31.1 Å². The summed E-state index contributed by atoms with van der Waals surface area (Å²) in [5.74, 6) is -1.39. The van der Waals surface area contributed by atoms with Gasteiger partial charge in [0, 0.05) is 18.4 Å². The summed E-state index contributed by atoms with van der Waals surface area (Å²) >= 11 is 0.